The van der Waals surface area contributed by atoms with Crippen molar-refractivity contribution in [2.45, 2.75) is 12.6 Å². The van der Waals surface area contributed by atoms with Crippen LogP contribution in [0.3, 0.4) is 0 Å². The summed E-state index contributed by atoms with van der Waals surface area (Å²) >= 11 is 0. The molecule has 0 aliphatic rings. The molecule has 0 fully saturated rings. The third kappa shape index (κ3) is 5.37. The minimum atomic E-state index is -4.56. The van der Waals surface area contributed by atoms with Crippen molar-refractivity contribution in [2.75, 3.05) is 10.5 Å². The largest absolute Gasteiger partial charge is 0.390 e. The first-order valence-corrected chi connectivity index (χ1v) is 11.3. The highest BCUT2D eigenvalue weighted by atomic mass is 32.2. The molecule has 5 nitrogen and oxygen atoms in total. The summed E-state index contributed by atoms with van der Waals surface area (Å²) in [7, 11) is -2.33. The number of fused-ring (bicyclic) bond motifs is 1. The van der Waals surface area contributed by atoms with Gasteiger partial charge in [-0.1, -0.05) is 12.1 Å². The number of nitrogens with one attached hydrogen (secondary N) is 2. The Balaban J connectivity index is 1.68. The number of carbonyl (C=O) groups is 1. The number of halogens is 6. The van der Waals surface area contributed by atoms with E-state index in [2.05, 4.69) is 14.7 Å². The van der Waals surface area contributed by atoms with Crippen LogP contribution in [0.4, 0.5) is 32.0 Å². The van der Waals surface area contributed by atoms with Gasteiger partial charge in [0.25, 0.3) is 0 Å². The number of hydrogen-bond donors (Lipinski definition) is 2. The van der Waals surface area contributed by atoms with Crippen molar-refractivity contribution in [1.82, 2.24) is 9.97 Å². The van der Waals surface area contributed by atoms with Gasteiger partial charge in [0.15, 0.2) is 5.82 Å². The summed E-state index contributed by atoms with van der Waals surface area (Å²) in [6, 6.07) is 8.62. The van der Waals surface area contributed by atoms with E-state index in [0.717, 1.165) is 12.1 Å². The van der Waals surface area contributed by atoms with Gasteiger partial charge in [-0.05, 0) is 35.9 Å². The zero-order valence-electron chi connectivity index (χ0n) is 17.6. The van der Waals surface area contributed by atoms with Gasteiger partial charge in [-0.15, -0.1) is 0 Å². The number of carbonyl (C=O) groups excluding carboxylic acids is 1. The average Bonchev–Trinajstić information content (AvgIpc) is 3.23. The molecule has 0 saturated heterocycles. The first kappa shape index (κ1) is 24.5. The van der Waals surface area contributed by atoms with E-state index in [0.29, 0.717) is 11.1 Å². The third-order valence-electron chi connectivity index (χ3n) is 5.07. The minimum Gasteiger partial charge on any atom is -0.345 e. The Morgan fingerprint density at radius 3 is 2.43 bits per heavy atom. The summed E-state index contributed by atoms with van der Waals surface area (Å²) in [5.74, 6) is -4.97. The number of H-pyrrole nitrogens is 1. The van der Waals surface area contributed by atoms with Crippen LogP contribution in [-0.4, -0.2) is 31.9 Å². The van der Waals surface area contributed by atoms with Crippen LogP contribution in [0.15, 0.2) is 54.9 Å². The number of ketones is 1. The molecule has 1 atom stereocenters. The molecular weight excluding hydrogens is 496 g/mol. The fraction of sp³-hybridized carbons (Fsp3) is 0.130. The van der Waals surface area contributed by atoms with Crippen LogP contribution in [0.1, 0.15) is 22.3 Å². The summed E-state index contributed by atoms with van der Waals surface area (Å²) in [5.41, 5.74) is -0.323. The van der Waals surface area contributed by atoms with Gasteiger partial charge in [0.05, 0.1) is 23.4 Å². The van der Waals surface area contributed by atoms with Gasteiger partial charge in [-0.25, -0.2) is 22.4 Å². The topological polar surface area (TPSA) is 74.8 Å². The summed E-state index contributed by atoms with van der Waals surface area (Å²) < 4.78 is 93.8. The fourth-order valence-corrected chi connectivity index (χ4v) is 4.27. The normalized spacial score (nSPS) is 12.6. The van der Waals surface area contributed by atoms with Crippen molar-refractivity contribution in [3.05, 3.63) is 83.4 Å². The second kappa shape index (κ2) is 9.53. The van der Waals surface area contributed by atoms with Crippen molar-refractivity contribution < 1.29 is 35.3 Å². The highest BCUT2D eigenvalue weighted by molar-refractivity contribution is 7.86. The maximum Gasteiger partial charge on any atom is 0.390 e. The summed E-state index contributed by atoms with van der Waals surface area (Å²) in [5, 5.41) is 0.239. The molecule has 0 spiro atoms. The molecule has 0 saturated carbocycles. The molecule has 0 aliphatic heterocycles. The number of hydrogen-bond acceptors (Lipinski definition) is 3. The Labute approximate surface area is 196 Å². The van der Waals surface area contributed by atoms with Crippen LogP contribution in [-0.2, 0) is 11.0 Å². The Kier molecular flexibility index (Phi) is 6.66. The molecule has 4 rings (SSSR count). The molecule has 0 bridgehead atoms. The van der Waals surface area contributed by atoms with E-state index < -0.39 is 63.8 Å². The van der Waals surface area contributed by atoms with Crippen LogP contribution in [0, 0.1) is 17.5 Å². The van der Waals surface area contributed by atoms with Gasteiger partial charge in [0, 0.05) is 28.9 Å². The third-order valence-corrected chi connectivity index (χ3v) is 6.09. The lowest BCUT2D eigenvalue weighted by atomic mass is 10.00. The predicted octanol–water partition coefficient (Wildman–Crippen LogP) is 5.91. The molecule has 35 heavy (non-hydrogen) atoms. The number of nitrogens with zero attached hydrogens (tertiary/aromatic N) is 1. The van der Waals surface area contributed by atoms with Crippen LogP contribution in [0.5, 0.6) is 0 Å². The lowest BCUT2D eigenvalue weighted by Crippen LogP contribution is -2.18. The van der Waals surface area contributed by atoms with Gasteiger partial charge in [-0.3, -0.25) is 4.79 Å². The van der Waals surface area contributed by atoms with Gasteiger partial charge in [-0.2, -0.15) is 13.2 Å². The molecule has 2 N–H and O–H groups in total. The number of alkyl halides is 3. The molecule has 0 aliphatic carbocycles. The molecule has 0 radical (unpaired) electrons. The summed E-state index contributed by atoms with van der Waals surface area (Å²) in [6.07, 6.45) is -3.24. The minimum absolute atomic E-state index is 0.121. The van der Waals surface area contributed by atoms with Crippen LogP contribution in [0.25, 0.3) is 22.2 Å². The Morgan fingerprint density at radius 1 is 1.03 bits per heavy atom. The Hall–Kier alpha value is -3.67. The monoisotopic (exact) mass is 511 g/mol. The van der Waals surface area contributed by atoms with Gasteiger partial charge in [0.2, 0.25) is 5.78 Å². The maximum atomic E-state index is 15.1. The van der Waals surface area contributed by atoms with Crippen molar-refractivity contribution in [3.63, 3.8) is 0 Å². The van der Waals surface area contributed by atoms with E-state index in [-0.39, 0.29) is 16.6 Å². The SMILES string of the molecule is O=C(c1c(F)ccc(NS(=O)CCC(F)(F)F)c1F)c1c[nH]c2ncc(-c3ccc(F)cc3)cc12. The van der Waals surface area contributed by atoms with Crippen molar-refractivity contribution in [2.24, 2.45) is 0 Å². The first-order chi connectivity index (χ1) is 16.5. The van der Waals surface area contributed by atoms with E-state index in [4.69, 9.17) is 0 Å². The van der Waals surface area contributed by atoms with Gasteiger partial charge >= 0.3 is 6.18 Å². The molecule has 0 amide bonds. The second-order valence-corrected chi connectivity index (χ2v) is 8.76. The van der Waals surface area contributed by atoms with E-state index in [9.17, 15) is 31.0 Å². The summed E-state index contributed by atoms with van der Waals surface area (Å²) in [4.78, 5) is 20.0. The highest BCUT2D eigenvalue weighted by Gasteiger charge is 2.29. The first-order valence-electron chi connectivity index (χ1n) is 10.0. The Morgan fingerprint density at radius 2 is 1.74 bits per heavy atom. The average molecular weight is 511 g/mol. The highest BCUT2D eigenvalue weighted by Crippen LogP contribution is 2.30. The van der Waals surface area contributed by atoms with E-state index >= 15 is 4.39 Å². The van der Waals surface area contributed by atoms with Gasteiger partial charge < -0.3 is 9.71 Å². The molecule has 2 aromatic heterocycles. The fourth-order valence-electron chi connectivity index (χ4n) is 3.35. The number of pyridine rings is 1. The number of rotatable bonds is 7. The number of anilines is 1. The molecule has 2 heterocycles. The number of aromatic amines is 1. The molecule has 182 valence electrons. The van der Waals surface area contributed by atoms with E-state index in [1.54, 1.807) is 6.07 Å². The van der Waals surface area contributed by atoms with E-state index in [1.165, 1.54) is 36.7 Å². The maximum absolute atomic E-state index is 15.1. The molecule has 12 heteroatoms. The molecule has 4 aromatic rings. The lowest BCUT2D eigenvalue weighted by Gasteiger charge is -2.11. The number of aromatic nitrogens is 2. The predicted molar refractivity (Wildman–Crippen MR) is 119 cm³/mol. The quantitative estimate of drug-likeness (QED) is 0.240. The van der Waals surface area contributed by atoms with Crippen LogP contribution in [0.2, 0.25) is 0 Å². The zero-order valence-corrected chi connectivity index (χ0v) is 18.4. The number of benzene rings is 2. The van der Waals surface area contributed by atoms with Crippen molar-refractivity contribution >= 4 is 33.5 Å². The smallest absolute Gasteiger partial charge is 0.345 e. The second-order valence-electron chi connectivity index (χ2n) is 7.46. The molecular formula is C23H15F6N3O2S. The van der Waals surface area contributed by atoms with Crippen LogP contribution >= 0.6 is 0 Å². The Bertz CT molecular complexity index is 1430. The zero-order chi connectivity index (χ0) is 25.3. The molecule has 1 unspecified atom stereocenters. The van der Waals surface area contributed by atoms with Gasteiger partial charge in [0.1, 0.15) is 28.3 Å². The molecule has 2 aromatic carbocycles. The lowest BCUT2D eigenvalue weighted by molar-refractivity contribution is -0.129. The van der Waals surface area contributed by atoms with E-state index in [1.807, 2.05) is 0 Å². The van der Waals surface area contributed by atoms with Crippen LogP contribution < -0.4 is 4.72 Å². The standard InChI is InChI=1S/C23H15F6N3O2S/c24-14-3-1-12(2-4-14)13-9-15-16(11-31-22(15)30-10-13)21(33)19-17(25)5-6-18(20(19)26)32-35(34)8-7-23(27,28)29/h1-6,9-11,32H,7-8H2,(H,30,31). The van der Waals surface area contributed by atoms with Crippen molar-refractivity contribution in [3.8, 4) is 11.1 Å². The van der Waals surface area contributed by atoms with Crippen molar-refractivity contribution in [1.29, 1.82) is 0 Å². The summed E-state index contributed by atoms with van der Waals surface area (Å²) in [6.45, 7) is 0.